The highest BCUT2D eigenvalue weighted by atomic mass is 16.5. The van der Waals surface area contributed by atoms with Crippen molar-refractivity contribution in [2.24, 2.45) is 5.73 Å². The molecule has 1 aromatic carbocycles. The van der Waals surface area contributed by atoms with Gasteiger partial charge in [0, 0.05) is 19.1 Å². The van der Waals surface area contributed by atoms with E-state index in [-0.39, 0.29) is 18.2 Å². The van der Waals surface area contributed by atoms with Crippen LogP contribution in [0.5, 0.6) is 11.5 Å². The molecule has 0 heterocycles. The van der Waals surface area contributed by atoms with Gasteiger partial charge in [-0.25, -0.2) is 0 Å². The van der Waals surface area contributed by atoms with Crippen molar-refractivity contribution < 1.29 is 14.2 Å². The molecule has 1 saturated carbocycles. The van der Waals surface area contributed by atoms with Gasteiger partial charge in [-0.05, 0) is 37.1 Å². The predicted molar refractivity (Wildman–Crippen MR) is 79.3 cm³/mol. The highest BCUT2D eigenvalue weighted by Gasteiger charge is 2.41. The highest BCUT2D eigenvalue weighted by molar-refractivity contribution is 5.31. The summed E-state index contributed by atoms with van der Waals surface area (Å²) in [5, 5.41) is 0. The SMILES string of the molecule is CCCOc1ccc(OC2CC(N)C2OCCC)cc1. The first-order valence-electron chi connectivity index (χ1n) is 7.51. The van der Waals surface area contributed by atoms with Crippen molar-refractivity contribution in [2.75, 3.05) is 13.2 Å². The quantitative estimate of drug-likeness (QED) is 0.795. The molecule has 3 unspecified atom stereocenters. The molecule has 1 aromatic rings. The van der Waals surface area contributed by atoms with E-state index in [9.17, 15) is 0 Å². The van der Waals surface area contributed by atoms with Crippen LogP contribution in [0, 0.1) is 0 Å². The fourth-order valence-electron chi connectivity index (χ4n) is 2.23. The predicted octanol–water partition coefficient (Wildman–Crippen LogP) is 2.75. The van der Waals surface area contributed by atoms with Crippen molar-refractivity contribution >= 4 is 0 Å². The molecule has 0 aliphatic heterocycles. The molecule has 0 saturated heterocycles. The minimum atomic E-state index is 0.0194. The first kappa shape index (κ1) is 15.1. The minimum Gasteiger partial charge on any atom is -0.494 e. The van der Waals surface area contributed by atoms with Gasteiger partial charge in [0.05, 0.1) is 6.61 Å². The maximum absolute atomic E-state index is 5.96. The lowest BCUT2D eigenvalue weighted by atomic mass is 9.86. The molecule has 1 aliphatic rings. The highest BCUT2D eigenvalue weighted by Crippen LogP contribution is 2.28. The number of hydrogen-bond donors (Lipinski definition) is 1. The summed E-state index contributed by atoms with van der Waals surface area (Å²) in [4.78, 5) is 0. The second-order valence-corrected chi connectivity index (χ2v) is 5.21. The first-order chi connectivity index (χ1) is 9.74. The zero-order chi connectivity index (χ0) is 14.4. The summed E-state index contributed by atoms with van der Waals surface area (Å²) >= 11 is 0. The maximum Gasteiger partial charge on any atom is 0.128 e. The summed E-state index contributed by atoms with van der Waals surface area (Å²) in [5.41, 5.74) is 5.96. The van der Waals surface area contributed by atoms with Crippen LogP contribution >= 0.6 is 0 Å². The molecule has 0 aromatic heterocycles. The van der Waals surface area contributed by atoms with Gasteiger partial charge >= 0.3 is 0 Å². The van der Waals surface area contributed by atoms with Gasteiger partial charge in [0.2, 0.25) is 0 Å². The molecule has 4 nitrogen and oxygen atoms in total. The molecule has 0 bridgehead atoms. The molecule has 1 aliphatic carbocycles. The smallest absolute Gasteiger partial charge is 0.128 e. The molecule has 0 amide bonds. The van der Waals surface area contributed by atoms with E-state index in [1.165, 1.54) is 0 Å². The van der Waals surface area contributed by atoms with Crippen molar-refractivity contribution in [1.82, 2.24) is 0 Å². The van der Waals surface area contributed by atoms with E-state index in [0.717, 1.165) is 44.0 Å². The summed E-state index contributed by atoms with van der Waals surface area (Å²) < 4.78 is 17.2. The fraction of sp³-hybridized carbons (Fsp3) is 0.625. The zero-order valence-corrected chi connectivity index (χ0v) is 12.4. The van der Waals surface area contributed by atoms with E-state index in [0.29, 0.717) is 0 Å². The van der Waals surface area contributed by atoms with E-state index >= 15 is 0 Å². The van der Waals surface area contributed by atoms with Crippen LogP contribution in [0.25, 0.3) is 0 Å². The minimum absolute atomic E-state index is 0.0194. The summed E-state index contributed by atoms with van der Waals surface area (Å²) in [6.45, 7) is 5.66. The molecular weight excluding hydrogens is 254 g/mol. The molecule has 2 rings (SSSR count). The Labute approximate surface area is 121 Å². The van der Waals surface area contributed by atoms with Crippen LogP contribution in [-0.4, -0.2) is 31.5 Å². The molecular formula is C16H25NO3. The Balaban J connectivity index is 1.83. The molecule has 112 valence electrons. The number of benzene rings is 1. The average Bonchev–Trinajstić information content (AvgIpc) is 2.46. The fourth-order valence-corrected chi connectivity index (χ4v) is 2.23. The topological polar surface area (TPSA) is 53.7 Å². The molecule has 4 heteroatoms. The van der Waals surface area contributed by atoms with Crippen molar-refractivity contribution in [3.05, 3.63) is 24.3 Å². The molecule has 2 N–H and O–H groups in total. The van der Waals surface area contributed by atoms with Gasteiger partial charge < -0.3 is 19.9 Å². The van der Waals surface area contributed by atoms with E-state index in [4.69, 9.17) is 19.9 Å². The van der Waals surface area contributed by atoms with Crippen molar-refractivity contribution in [1.29, 1.82) is 0 Å². The third-order valence-corrected chi connectivity index (χ3v) is 3.39. The lowest BCUT2D eigenvalue weighted by Crippen LogP contribution is -2.59. The van der Waals surface area contributed by atoms with Gasteiger partial charge in [-0.3, -0.25) is 0 Å². The van der Waals surface area contributed by atoms with E-state index in [2.05, 4.69) is 13.8 Å². The maximum atomic E-state index is 5.96. The third-order valence-electron chi connectivity index (χ3n) is 3.39. The normalized spacial score (nSPS) is 25.1. The Morgan fingerprint density at radius 1 is 1.05 bits per heavy atom. The molecule has 1 fully saturated rings. The van der Waals surface area contributed by atoms with Gasteiger partial charge in [0.25, 0.3) is 0 Å². The van der Waals surface area contributed by atoms with Crippen LogP contribution in [0.1, 0.15) is 33.1 Å². The van der Waals surface area contributed by atoms with Gasteiger partial charge in [0.15, 0.2) is 0 Å². The van der Waals surface area contributed by atoms with Gasteiger partial charge in [-0.15, -0.1) is 0 Å². The average molecular weight is 279 g/mol. The van der Waals surface area contributed by atoms with Gasteiger partial charge in [-0.2, -0.15) is 0 Å². The molecule has 3 atom stereocenters. The summed E-state index contributed by atoms with van der Waals surface area (Å²) in [6, 6.07) is 7.84. The Hall–Kier alpha value is -1.26. The third kappa shape index (κ3) is 3.87. The zero-order valence-electron chi connectivity index (χ0n) is 12.4. The summed E-state index contributed by atoms with van der Waals surface area (Å²) in [7, 11) is 0. The van der Waals surface area contributed by atoms with Crippen molar-refractivity contribution in [3.8, 4) is 11.5 Å². The van der Waals surface area contributed by atoms with Gasteiger partial charge in [-0.1, -0.05) is 13.8 Å². The second kappa shape index (κ2) is 7.50. The van der Waals surface area contributed by atoms with Crippen LogP contribution in [0.4, 0.5) is 0 Å². The first-order valence-corrected chi connectivity index (χ1v) is 7.51. The van der Waals surface area contributed by atoms with Crippen molar-refractivity contribution in [3.63, 3.8) is 0 Å². The summed E-state index contributed by atoms with van der Waals surface area (Å²) in [5.74, 6) is 1.72. The standard InChI is InChI=1S/C16H25NO3/c1-3-9-18-12-5-7-13(8-6-12)20-15-11-14(17)16(15)19-10-4-2/h5-8,14-16H,3-4,9-11,17H2,1-2H3. The molecule has 0 spiro atoms. The van der Waals surface area contributed by atoms with Crippen LogP contribution in [0.15, 0.2) is 24.3 Å². The lowest BCUT2D eigenvalue weighted by Gasteiger charge is -2.41. The number of rotatable bonds is 8. The Bertz CT molecular complexity index is 393. The van der Waals surface area contributed by atoms with Crippen LogP contribution in [0.2, 0.25) is 0 Å². The van der Waals surface area contributed by atoms with E-state index in [1.807, 2.05) is 24.3 Å². The number of ether oxygens (including phenoxy) is 3. The monoisotopic (exact) mass is 279 g/mol. The summed E-state index contributed by atoms with van der Waals surface area (Å²) in [6.07, 6.45) is 2.95. The lowest BCUT2D eigenvalue weighted by molar-refractivity contribution is -0.0980. The van der Waals surface area contributed by atoms with Gasteiger partial charge in [0.1, 0.15) is 23.7 Å². The Morgan fingerprint density at radius 3 is 2.30 bits per heavy atom. The van der Waals surface area contributed by atoms with Crippen LogP contribution < -0.4 is 15.2 Å². The Morgan fingerprint density at radius 2 is 1.70 bits per heavy atom. The Kier molecular flexibility index (Phi) is 5.68. The van der Waals surface area contributed by atoms with E-state index < -0.39 is 0 Å². The number of nitrogens with two attached hydrogens (primary N) is 1. The molecule has 0 radical (unpaired) electrons. The van der Waals surface area contributed by atoms with Crippen LogP contribution in [0.3, 0.4) is 0 Å². The number of hydrogen-bond acceptors (Lipinski definition) is 4. The molecule has 20 heavy (non-hydrogen) atoms. The second-order valence-electron chi connectivity index (χ2n) is 5.21. The van der Waals surface area contributed by atoms with E-state index in [1.54, 1.807) is 0 Å². The van der Waals surface area contributed by atoms with Crippen molar-refractivity contribution in [2.45, 2.75) is 51.4 Å². The van der Waals surface area contributed by atoms with Crippen LogP contribution in [-0.2, 0) is 4.74 Å². The largest absolute Gasteiger partial charge is 0.494 e.